The standard InChI is InChI=1S/C17H22N2O2/c1-11-15-8-18-7-14(15)9-19(11)17(20)13-6-12-4-2-3-5-16(12)21-10-13/h2-5,11,13-15,18H,6-10H2,1H3. The number of amides is 1. The van der Waals surface area contributed by atoms with E-state index in [1.807, 2.05) is 18.2 Å². The number of nitrogens with zero attached hydrogens (tertiary/aromatic N) is 1. The molecule has 4 atom stereocenters. The Hall–Kier alpha value is -1.55. The summed E-state index contributed by atoms with van der Waals surface area (Å²) >= 11 is 0. The van der Waals surface area contributed by atoms with Crippen LogP contribution in [0.4, 0.5) is 0 Å². The van der Waals surface area contributed by atoms with Crippen LogP contribution in [-0.2, 0) is 11.2 Å². The minimum absolute atomic E-state index is 0.0193. The topological polar surface area (TPSA) is 41.6 Å². The third-order valence-corrected chi connectivity index (χ3v) is 5.45. The molecule has 1 aromatic rings. The predicted molar refractivity (Wildman–Crippen MR) is 80.2 cm³/mol. The molecule has 4 unspecified atom stereocenters. The fourth-order valence-electron chi connectivity index (χ4n) is 4.18. The fraction of sp³-hybridized carbons (Fsp3) is 0.588. The molecule has 3 heterocycles. The van der Waals surface area contributed by atoms with E-state index in [-0.39, 0.29) is 11.8 Å². The Balaban J connectivity index is 1.49. The van der Waals surface area contributed by atoms with E-state index in [0.717, 1.165) is 37.4 Å². The van der Waals surface area contributed by atoms with Crippen LogP contribution in [-0.4, -0.2) is 43.1 Å². The highest BCUT2D eigenvalue weighted by molar-refractivity contribution is 5.80. The second-order valence-electron chi connectivity index (χ2n) is 6.63. The van der Waals surface area contributed by atoms with E-state index in [4.69, 9.17) is 4.74 Å². The SMILES string of the molecule is CC1C2CNCC2CN1C(=O)C1COc2ccccc2C1. The molecular formula is C17H22N2O2. The summed E-state index contributed by atoms with van der Waals surface area (Å²) in [5, 5.41) is 3.44. The van der Waals surface area contributed by atoms with Crippen LogP contribution in [0.3, 0.4) is 0 Å². The molecule has 4 nitrogen and oxygen atoms in total. The molecule has 1 N–H and O–H groups in total. The van der Waals surface area contributed by atoms with E-state index in [9.17, 15) is 4.79 Å². The van der Waals surface area contributed by atoms with Gasteiger partial charge in [-0.1, -0.05) is 18.2 Å². The first kappa shape index (κ1) is 13.1. The van der Waals surface area contributed by atoms with Crippen molar-refractivity contribution in [2.75, 3.05) is 26.2 Å². The van der Waals surface area contributed by atoms with Crippen molar-refractivity contribution in [2.45, 2.75) is 19.4 Å². The largest absolute Gasteiger partial charge is 0.492 e. The second kappa shape index (κ2) is 5.02. The van der Waals surface area contributed by atoms with Crippen LogP contribution in [0.15, 0.2) is 24.3 Å². The maximum Gasteiger partial charge on any atom is 0.229 e. The molecule has 21 heavy (non-hydrogen) atoms. The van der Waals surface area contributed by atoms with Gasteiger partial charge in [-0.05, 0) is 36.8 Å². The maximum atomic E-state index is 12.9. The lowest BCUT2D eigenvalue weighted by Gasteiger charge is -2.31. The Labute approximate surface area is 125 Å². The van der Waals surface area contributed by atoms with Crippen LogP contribution in [0.25, 0.3) is 0 Å². The minimum Gasteiger partial charge on any atom is -0.492 e. The number of benzene rings is 1. The van der Waals surface area contributed by atoms with Gasteiger partial charge in [0, 0.05) is 25.7 Å². The van der Waals surface area contributed by atoms with Gasteiger partial charge in [-0.25, -0.2) is 0 Å². The van der Waals surface area contributed by atoms with Gasteiger partial charge < -0.3 is 15.0 Å². The van der Waals surface area contributed by atoms with Crippen LogP contribution >= 0.6 is 0 Å². The Bertz CT molecular complexity index is 559. The van der Waals surface area contributed by atoms with Crippen molar-refractivity contribution in [1.29, 1.82) is 0 Å². The summed E-state index contributed by atoms with van der Waals surface area (Å²) in [7, 11) is 0. The summed E-state index contributed by atoms with van der Waals surface area (Å²) in [6, 6.07) is 8.42. The zero-order valence-electron chi connectivity index (χ0n) is 12.4. The second-order valence-corrected chi connectivity index (χ2v) is 6.63. The van der Waals surface area contributed by atoms with Crippen LogP contribution < -0.4 is 10.1 Å². The summed E-state index contributed by atoms with van der Waals surface area (Å²) in [6.45, 7) is 5.75. The van der Waals surface area contributed by atoms with Gasteiger partial charge in [-0.3, -0.25) is 4.79 Å². The van der Waals surface area contributed by atoms with Gasteiger partial charge >= 0.3 is 0 Å². The molecule has 1 aromatic carbocycles. The average molecular weight is 286 g/mol. The highest BCUT2D eigenvalue weighted by Gasteiger charge is 2.45. The average Bonchev–Trinajstić information content (AvgIpc) is 3.09. The van der Waals surface area contributed by atoms with Crippen LogP contribution in [0, 0.1) is 17.8 Å². The highest BCUT2D eigenvalue weighted by Crippen LogP contribution is 2.35. The summed E-state index contributed by atoms with van der Waals surface area (Å²) < 4.78 is 5.79. The molecule has 0 saturated carbocycles. The molecule has 0 bridgehead atoms. The van der Waals surface area contributed by atoms with Gasteiger partial charge in [0.1, 0.15) is 12.4 Å². The smallest absolute Gasteiger partial charge is 0.229 e. The molecule has 0 radical (unpaired) electrons. The minimum atomic E-state index is -0.0193. The molecule has 0 aliphatic carbocycles. The number of carbonyl (C=O) groups is 1. The molecule has 0 spiro atoms. The Morgan fingerprint density at radius 3 is 3.05 bits per heavy atom. The number of hydrogen-bond acceptors (Lipinski definition) is 3. The van der Waals surface area contributed by atoms with Gasteiger partial charge in [0.15, 0.2) is 0 Å². The summed E-state index contributed by atoms with van der Waals surface area (Å²) in [5.74, 6) is 2.48. The highest BCUT2D eigenvalue weighted by atomic mass is 16.5. The van der Waals surface area contributed by atoms with E-state index in [2.05, 4.69) is 23.2 Å². The lowest BCUT2D eigenvalue weighted by Crippen LogP contribution is -2.44. The number of ether oxygens (including phenoxy) is 1. The molecule has 2 fully saturated rings. The molecule has 0 aromatic heterocycles. The van der Waals surface area contributed by atoms with Crippen molar-refractivity contribution in [3.8, 4) is 5.75 Å². The van der Waals surface area contributed by atoms with Crippen molar-refractivity contribution < 1.29 is 9.53 Å². The Morgan fingerprint density at radius 1 is 1.33 bits per heavy atom. The van der Waals surface area contributed by atoms with Crippen molar-refractivity contribution in [1.82, 2.24) is 10.2 Å². The number of nitrogens with one attached hydrogen (secondary N) is 1. The number of hydrogen-bond donors (Lipinski definition) is 1. The van der Waals surface area contributed by atoms with Gasteiger partial charge in [-0.15, -0.1) is 0 Å². The zero-order valence-corrected chi connectivity index (χ0v) is 12.4. The number of likely N-dealkylation sites (tertiary alicyclic amines) is 1. The van der Waals surface area contributed by atoms with Gasteiger partial charge in [0.05, 0.1) is 5.92 Å². The molecule has 4 rings (SSSR count). The zero-order chi connectivity index (χ0) is 14.4. The lowest BCUT2D eigenvalue weighted by molar-refractivity contribution is -0.137. The van der Waals surface area contributed by atoms with Crippen molar-refractivity contribution in [3.63, 3.8) is 0 Å². The normalized spacial score (nSPS) is 34.2. The molecule has 3 aliphatic rings. The molecule has 4 heteroatoms. The monoisotopic (exact) mass is 286 g/mol. The van der Waals surface area contributed by atoms with E-state index < -0.39 is 0 Å². The van der Waals surface area contributed by atoms with E-state index >= 15 is 0 Å². The Morgan fingerprint density at radius 2 is 2.19 bits per heavy atom. The van der Waals surface area contributed by atoms with Crippen LogP contribution in [0.5, 0.6) is 5.75 Å². The van der Waals surface area contributed by atoms with Gasteiger partial charge in [0.25, 0.3) is 0 Å². The molecule has 1 amide bonds. The molecule has 112 valence electrons. The quantitative estimate of drug-likeness (QED) is 0.846. The van der Waals surface area contributed by atoms with Gasteiger partial charge in [-0.2, -0.15) is 0 Å². The van der Waals surface area contributed by atoms with E-state index in [1.165, 1.54) is 0 Å². The van der Waals surface area contributed by atoms with Crippen LogP contribution in [0.2, 0.25) is 0 Å². The van der Waals surface area contributed by atoms with Crippen molar-refractivity contribution in [3.05, 3.63) is 29.8 Å². The first-order chi connectivity index (χ1) is 10.2. The number of rotatable bonds is 1. The molecule has 3 aliphatic heterocycles. The first-order valence-corrected chi connectivity index (χ1v) is 7.96. The van der Waals surface area contributed by atoms with E-state index in [1.54, 1.807) is 0 Å². The summed E-state index contributed by atoms with van der Waals surface area (Å²) in [4.78, 5) is 15.0. The van der Waals surface area contributed by atoms with Crippen molar-refractivity contribution in [2.24, 2.45) is 17.8 Å². The first-order valence-electron chi connectivity index (χ1n) is 7.96. The van der Waals surface area contributed by atoms with Crippen molar-refractivity contribution >= 4 is 5.91 Å². The number of para-hydroxylation sites is 1. The fourth-order valence-corrected chi connectivity index (χ4v) is 4.18. The molecule has 2 saturated heterocycles. The van der Waals surface area contributed by atoms with Gasteiger partial charge in [0.2, 0.25) is 5.91 Å². The summed E-state index contributed by atoms with van der Waals surface area (Å²) in [6.07, 6.45) is 0.811. The van der Waals surface area contributed by atoms with E-state index in [0.29, 0.717) is 24.5 Å². The lowest BCUT2D eigenvalue weighted by atomic mass is 9.94. The summed E-state index contributed by atoms with van der Waals surface area (Å²) in [5.41, 5.74) is 1.16. The van der Waals surface area contributed by atoms with Crippen LogP contribution in [0.1, 0.15) is 12.5 Å². The molecular weight excluding hydrogens is 264 g/mol. The number of fused-ring (bicyclic) bond motifs is 2. The Kier molecular flexibility index (Phi) is 3.14. The predicted octanol–water partition coefficient (Wildman–Crippen LogP) is 1.30. The maximum absolute atomic E-state index is 12.9. The third-order valence-electron chi connectivity index (χ3n) is 5.45. The third kappa shape index (κ3) is 2.13. The number of carbonyl (C=O) groups excluding carboxylic acids is 1.